The topological polar surface area (TPSA) is 129 Å². The number of aromatic nitrogens is 4. The lowest BCUT2D eigenvalue weighted by Gasteiger charge is -2.36. The van der Waals surface area contributed by atoms with Crippen molar-refractivity contribution < 1.29 is 9.52 Å². The SMILES string of the molecule is Cc1[nH]nc2cc(Nc3nc(N4CCC(CN)C(O)C4)c4occc4n3)ccc12. The van der Waals surface area contributed by atoms with E-state index in [1.807, 2.05) is 36.1 Å². The molecule has 1 aliphatic heterocycles. The Morgan fingerprint density at radius 2 is 2.21 bits per heavy atom. The monoisotopic (exact) mass is 393 g/mol. The molecule has 5 N–H and O–H groups in total. The van der Waals surface area contributed by atoms with Gasteiger partial charge in [0.05, 0.1) is 17.9 Å². The van der Waals surface area contributed by atoms with Crippen molar-refractivity contribution in [1.29, 1.82) is 0 Å². The highest BCUT2D eigenvalue weighted by Gasteiger charge is 2.29. The molecule has 1 saturated heterocycles. The smallest absolute Gasteiger partial charge is 0.229 e. The standard InChI is InChI=1S/C20H23N7O2/c1-11-14-3-2-13(8-16(14)26-25-11)22-20-23-15-5-7-29-18(15)19(24-20)27-6-4-12(9-21)17(28)10-27/h2-3,5,7-8,12,17,28H,4,6,9-10,21H2,1H3,(H,25,26)(H,22,23,24). The van der Waals surface area contributed by atoms with Crippen LogP contribution in [0.3, 0.4) is 0 Å². The number of aliphatic hydroxyl groups is 1. The number of fused-ring (bicyclic) bond motifs is 2. The van der Waals surface area contributed by atoms with Crippen molar-refractivity contribution in [3.05, 3.63) is 36.2 Å². The molecule has 2 unspecified atom stereocenters. The minimum absolute atomic E-state index is 0.113. The molecule has 0 aliphatic carbocycles. The quantitative estimate of drug-likeness (QED) is 0.416. The van der Waals surface area contributed by atoms with Crippen LogP contribution in [-0.2, 0) is 0 Å². The predicted molar refractivity (Wildman–Crippen MR) is 111 cm³/mol. The van der Waals surface area contributed by atoms with Crippen molar-refractivity contribution in [3.63, 3.8) is 0 Å². The highest BCUT2D eigenvalue weighted by atomic mass is 16.3. The molecule has 0 radical (unpaired) electrons. The first-order chi connectivity index (χ1) is 14.1. The Balaban J connectivity index is 1.48. The molecular weight excluding hydrogens is 370 g/mol. The van der Waals surface area contributed by atoms with Gasteiger partial charge in [-0.3, -0.25) is 5.10 Å². The van der Waals surface area contributed by atoms with E-state index in [-0.39, 0.29) is 5.92 Å². The Hall–Kier alpha value is -3.17. The van der Waals surface area contributed by atoms with E-state index in [1.54, 1.807) is 6.26 Å². The van der Waals surface area contributed by atoms with Crippen LogP contribution in [0.15, 0.2) is 34.9 Å². The van der Waals surface area contributed by atoms with Crippen LogP contribution < -0.4 is 16.0 Å². The third-order valence-electron chi connectivity index (χ3n) is 5.61. The van der Waals surface area contributed by atoms with Crippen LogP contribution in [0.2, 0.25) is 0 Å². The lowest BCUT2D eigenvalue weighted by atomic mass is 9.94. The number of piperidine rings is 1. The molecule has 1 aromatic carbocycles. The second-order valence-electron chi connectivity index (χ2n) is 7.51. The number of nitrogens with zero attached hydrogens (tertiary/aromatic N) is 4. The van der Waals surface area contributed by atoms with Gasteiger partial charge in [0.2, 0.25) is 5.95 Å². The molecule has 1 aliphatic rings. The van der Waals surface area contributed by atoms with E-state index in [9.17, 15) is 5.11 Å². The van der Waals surface area contributed by atoms with E-state index in [0.29, 0.717) is 36.0 Å². The van der Waals surface area contributed by atoms with E-state index in [4.69, 9.17) is 15.1 Å². The van der Waals surface area contributed by atoms with Crippen LogP contribution in [0.4, 0.5) is 17.5 Å². The second kappa shape index (κ2) is 7.02. The minimum atomic E-state index is -0.490. The van der Waals surface area contributed by atoms with Gasteiger partial charge in [-0.15, -0.1) is 0 Å². The lowest BCUT2D eigenvalue weighted by molar-refractivity contribution is 0.0971. The molecule has 0 amide bonds. The summed E-state index contributed by atoms with van der Waals surface area (Å²) in [5.74, 6) is 1.26. The first-order valence-electron chi connectivity index (χ1n) is 9.72. The zero-order valence-corrected chi connectivity index (χ0v) is 16.1. The maximum Gasteiger partial charge on any atom is 0.229 e. The van der Waals surface area contributed by atoms with Gasteiger partial charge in [-0.1, -0.05) is 0 Å². The number of nitrogens with one attached hydrogen (secondary N) is 2. The number of hydrogen-bond acceptors (Lipinski definition) is 8. The summed E-state index contributed by atoms with van der Waals surface area (Å²) in [6.45, 7) is 3.69. The fourth-order valence-electron chi connectivity index (χ4n) is 3.92. The van der Waals surface area contributed by atoms with E-state index in [1.165, 1.54) is 0 Å². The van der Waals surface area contributed by atoms with Crippen LogP contribution in [0.25, 0.3) is 22.0 Å². The second-order valence-corrected chi connectivity index (χ2v) is 7.51. The molecule has 9 nitrogen and oxygen atoms in total. The summed E-state index contributed by atoms with van der Waals surface area (Å²) in [5, 5.41) is 22.1. The summed E-state index contributed by atoms with van der Waals surface area (Å²) >= 11 is 0. The fourth-order valence-corrected chi connectivity index (χ4v) is 3.92. The van der Waals surface area contributed by atoms with E-state index in [2.05, 4.69) is 20.5 Å². The first-order valence-corrected chi connectivity index (χ1v) is 9.72. The van der Waals surface area contributed by atoms with Gasteiger partial charge in [0.1, 0.15) is 5.52 Å². The number of aromatic amines is 1. The maximum absolute atomic E-state index is 10.4. The summed E-state index contributed by atoms with van der Waals surface area (Å²) in [7, 11) is 0. The van der Waals surface area contributed by atoms with Gasteiger partial charge in [0, 0.05) is 41.8 Å². The van der Waals surface area contributed by atoms with Gasteiger partial charge >= 0.3 is 0 Å². The largest absolute Gasteiger partial charge is 0.459 e. The van der Waals surface area contributed by atoms with Gasteiger partial charge in [0.15, 0.2) is 11.4 Å². The van der Waals surface area contributed by atoms with Crippen LogP contribution >= 0.6 is 0 Å². The van der Waals surface area contributed by atoms with Gasteiger partial charge < -0.3 is 25.5 Å². The molecule has 4 aromatic rings. The first kappa shape index (κ1) is 17.9. The number of β-amino-alcohol motifs (C(OH)–C–C–N with tert-alkyl or cyclic N) is 1. The Morgan fingerprint density at radius 3 is 3.03 bits per heavy atom. The average molecular weight is 393 g/mol. The highest BCUT2D eigenvalue weighted by Crippen LogP contribution is 2.31. The van der Waals surface area contributed by atoms with Gasteiger partial charge in [0.25, 0.3) is 0 Å². The molecule has 9 heteroatoms. The number of aryl methyl sites for hydroxylation is 1. The van der Waals surface area contributed by atoms with Crippen molar-refractivity contribution in [2.24, 2.45) is 11.7 Å². The average Bonchev–Trinajstić information content (AvgIpc) is 3.34. The number of anilines is 3. The highest BCUT2D eigenvalue weighted by molar-refractivity contribution is 5.87. The summed E-state index contributed by atoms with van der Waals surface area (Å²) in [5.41, 5.74) is 9.85. The van der Waals surface area contributed by atoms with Crippen molar-refractivity contribution in [3.8, 4) is 0 Å². The molecule has 0 bridgehead atoms. The summed E-state index contributed by atoms with van der Waals surface area (Å²) in [4.78, 5) is 11.3. The predicted octanol–water partition coefficient (Wildman–Crippen LogP) is 2.30. The van der Waals surface area contributed by atoms with Crippen molar-refractivity contribution in [1.82, 2.24) is 20.2 Å². The Kier molecular flexibility index (Phi) is 4.33. The molecular formula is C20H23N7O2. The van der Waals surface area contributed by atoms with Crippen molar-refractivity contribution >= 4 is 39.5 Å². The number of rotatable bonds is 4. The molecule has 3 aromatic heterocycles. The molecule has 4 heterocycles. The van der Waals surface area contributed by atoms with Crippen molar-refractivity contribution in [2.45, 2.75) is 19.4 Å². The van der Waals surface area contributed by atoms with E-state index >= 15 is 0 Å². The van der Waals surface area contributed by atoms with Gasteiger partial charge in [-0.05, 0) is 38.1 Å². The third kappa shape index (κ3) is 3.18. The maximum atomic E-state index is 10.4. The number of aliphatic hydroxyl groups excluding tert-OH is 1. The van der Waals surface area contributed by atoms with E-state index < -0.39 is 6.10 Å². The molecule has 0 saturated carbocycles. The third-order valence-corrected chi connectivity index (χ3v) is 5.61. The Bertz CT molecular complexity index is 1170. The summed E-state index contributed by atoms with van der Waals surface area (Å²) in [6.07, 6.45) is 1.92. The number of benzene rings is 1. The molecule has 29 heavy (non-hydrogen) atoms. The molecule has 5 rings (SSSR count). The van der Waals surface area contributed by atoms with Crippen LogP contribution in [0.1, 0.15) is 12.1 Å². The summed E-state index contributed by atoms with van der Waals surface area (Å²) < 4.78 is 5.64. The zero-order valence-electron chi connectivity index (χ0n) is 16.1. The number of furan rings is 1. The van der Waals surface area contributed by atoms with Gasteiger partial charge in [-0.2, -0.15) is 10.1 Å². The molecule has 0 spiro atoms. The van der Waals surface area contributed by atoms with Crippen LogP contribution in [-0.4, -0.2) is 51.0 Å². The Morgan fingerprint density at radius 1 is 1.31 bits per heavy atom. The normalized spacial score (nSPS) is 19.9. The van der Waals surface area contributed by atoms with Crippen LogP contribution in [0.5, 0.6) is 0 Å². The molecule has 150 valence electrons. The number of H-pyrrole nitrogens is 1. The van der Waals surface area contributed by atoms with Gasteiger partial charge in [-0.25, -0.2) is 4.98 Å². The zero-order chi connectivity index (χ0) is 20.0. The molecule has 1 fully saturated rings. The fraction of sp³-hybridized carbons (Fsp3) is 0.350. The number of nitrogens with two attached hydrogens (primary N) is 1. The molecule has 2 atom stereocenters. The minimum Gasteiger partial charge on any atom is -0.459 e. The Labute approximate surface area is 166 Å². The number of hydrogen-bond donors (Lipinski definition) is 4. The van der Waals surface area contributed by atoms with E-state index in [0.717, 1.165) is 35.2 Å². The lowest BCUT2D eigenvalue weighted by Crippen LogP contribution is -2.46. The van der Waals surface area contributed by atoms with Crippen molar-refractivity contribution in [2.75, 3.05) is 29.9 Å². The van der Waals surface area contributed by atoms with Crippen LogP contribution in [0, 0.1) is 12.8 Å². The summed E-state index contributed by atoms with van der Waals surface area (Å²) in [6, 6.07) is 7.76.